The molecule has 4 rings (SSSR count). The predicted molar refractivity (Wildman–Crippen MR) is 120 cm³/mol. The van der Waals surface area contributed by atoms with Crippen LogP contribution in [0, 0.1) is 0 Å². The van der Waals surface area contributed by atoms with Crippen molar-refractivity contribution in [3.8, 4) is 0 Å². The molecule has 30 heavy (non-hydrogen) atoms. The van der Waals surface area contributed by atoms with Crippen molar-refractivity contribution in [3.05, 3.63) is 65.5 Å². The van der Waals surface area contributed by atoms with Gasteiger partial charge in [-0.3, -0.25) is 9.69 Å². The lowest BCUT2D eigenvalue weighted by atomic mass is 10.1. The van der Waals surface area contributed by atoms with Crippen molar-refractivity contribution in [3.63, 3.8) is 0 Å². The zero-order valence-corrected chi connectivity index (χ0v) is 18.0. The van der Waals surface area contributed by atoms with Gasteiger partial charge in [0.25, 0.3) is 0 Å². The van der Waals surface area contributed by atoms with Crippen LogP contribution >= 0.6 is 0 Å². The fraction of sp³-hybridized carbons (Fsp3) is 0.417. The van der Waals surface area contributed by atoms with E-state index in [4.69, 9.17) is 0 Å². The van der Waals surface area contributed by atoms with Gasteiger partial charge in [0.1, 0.15) is 12.4 Å². The van der Waals surface area contributed by atoms with Gasteiger partial charge < -0.3 is 14.8 Å². The van der Waals surface area contributed by atoms with Crippen LogP contribution in [0.5, 0.6) is 0 Å². The highest BCUT2D eigenvalue weighted by atomic mass is 16.1. The van der Waals surface area contributed by atoms with Crippen molar-refractivity contribution in [1.29, 1.82) is 0 Å². The molecule has 1 aliphatic rings. The highest BCUT2D eigenvalue weighted by molar-refractivity contribution is 5.81. The molecular weight excluding hydrogens is 374 g/mol. The third-order valence-corrected chi connectivity index (χ3v) is 5.83. The molecule has 0 aliphatic carbocycles. The van der Waals surface area contributed by atoms with Gasteiger partial charge in [0.2, 0.25) is 5.91 Å². The average molecular weight is 406 g/mol. The summed E-state index contributed by atoms with van der Waals surface area (Å²) < 4.78 is 2.02. The normalized spacial score (nSPS) is 15.5. The summed E-state index contributed by atoms with van der Waals surface area (Å²) in [4.78, 5) is 22.2. The zero-order valence-electron chi connectivity index (χ0n) is 18.0. The van der Waals surface area contributed by atoms with Gasteiger partial charge in [-0.2, -0.15) is 0 Å². The second kappa shape index (κ2) is 9.41. The van der Waals surface area contributed by atoms with Crippen molar-refractivity contribution < 1.29 is 4.79 Å². The van der Waals surface area contributed by atoms with Crippen molar-refractivity contribution >= 4 is 16.9 Å². The van der Waals surface area contributed by atoms with Gasteiger partial charge in [-0.15, -0.1) is 0 Å². The molecule has 0 bridgehead atoms. The van der Waals surface area contributed by atoms with Crippen LogP contribution in [0.4, 0.5) is 0 Å². The first-order chi connectivity index (χ1) is 14.6. The van der Waals surface area contributed by atoms with Crippen LogP contribution in [-0.4, -0.2) is 58.5 Å². The fourth-order valence-corrected chi connectivity index (χ4v) is 4.07. The summed E-state index contributed by atoms with van der Waals surface area (Å²) in [6, 6.07) is 16.5. The highest BCUT2D eigenvalue weighted by Gasteiger charge is 2.14. The van der Waals surface area contributed by atoms with E-state index in [9.17, 15) is 4.79 Å². The number of imidazole rings is 1. The lowest BCUT2D eigenvalue weighted by Crippen LogP contribution is -2.43. The van der Waals surface area contributed by atoms with Crippen LogP contribution in [0.3, 0.4) is 0 Å². The lowest BCUT2D eigenvalue weighted by molar-refractivity contribution is -0.121. The molecule has 0 saturated carbocycles. The molecule has 158 valence electrons. The Morgan fingerprint density at radius 1 is 1.03 bits per heavy atom. The number of aryl methyl sites for hydroxylation is 1. The Kier molecular flexibility index (Phi) is 6.45. The quantitative estimate of drug-likeness (QED) is 0.657. The first-order valence-electron chi connectivity index (χ1n) is 10.8. The van der Waals surface area contributed by atoms with E-state index in [1.807, 2.05) is 28.8 Å². The Labute approximate surface area is 178 Å². The van der Waals surface area contributed by atoms with Crippen LogP contribution in [0.2, 0.25) is 0 Å². The predicted octanol–water partition coefficient (Wildman–Crippen LogP) is 2.66. The molecule has 3 aromatic rings. The van der Waals surface area contributed by atoms with Crippen LogP contribution in [0.25, 0.3) is 11.0 Å². The van der Waals surface area contributed by atoms with Crippen molar-refractivity contribution in [2.75, 3.05) is 33.2 Å². The Morgan fingerprint density at radius 3 is 2.60 bits per heavy atom. The number of fused-ring (bicyclic) bond motifs is 1. The highest BCUT2D eigenvalue weighted by Crippen LogP contribution is 2.16. The van der Waals surface area contributed by atoms with E-state index in [1.165, 1.54) is 5.56 Å². The fourth-order valence-electron chi connectivity index (χ4n) is 4.07. The summed E-state index contributed by atoms with van der Waals surface area (Å²) in [6.07, 6.45) is 0.802. The summed E-state index contributed by atoms with van der Waals surface area (Å²) in [5.41, 5.74) is 4.40. The molecule has 6 nitrogen and oxygen atoms in total. The number of nitrogens with zero attached hydrogens (tertiary/aromatic N) is 4. The smallest absolute Gasteiger partial charge is 0.240 e. The van der Waals surface area contributed by atoms with Crippen molar-refractivity contribution in [1.82, 2.24) is 24.7 Å². The maximum Gasteiger partial charge on any atom is 0.240 e. The minimum atomic E-state index is 0.0114. The van der Waals surface area contributed by atoms with Crippen LogP contribution in [-0.2, 0) is 30.8 Å². The summed E-state index contributed by atoms with van der Waals surface area (Å²) in [5.74, 6) is 0.956. The Hall–Kier alpha value is -2.70. The Bertz CT molecular complexity index is 1000. The number of hydrogen-bond acceptors (Lipinski definition) is 4. The van der Waals surface area contributed by atoms with E-state index >= 15 is 0 Å². The average Bonchev–Trinajstić information content (AvgIpc) is 3.12. The van der Waals surface area contributed by atoms with Gasteiger partial charge in [-0.1, -0.05) is 43.3 Å². The zero-order chi connectivity index (χ0) is 20.9. The first kappa shape index (κ1) is 20.6. The van der Waals surface area contributed by atoms with Gasteiger partial charge in [0, 0.05) is 45.7 Å². The van der Waals surface area contributed by atoms with Gasteiger partial charge >= 0.3 is 0 Å². The number of hydrogen-bond donors (Lipinski definition) is 1. The minimum absolute atomic E-state index is 0.0114. The van der Waals surface area contributed by atoms with E-state index in [1.54, 1.807) is 0 Å². The standard InChI is InChI=1S/C24H31N5O/c1-3-23-26-21-9-4-5-10-22(21)29(23)18-24(30)25-16-19-7-6-8-20(15-19)17-28-13-11-27(2)12-14-28/h4-10,15H,3,11-14,16-18H2,1-2H3,(H,25,30). The van der Waals surface area contributed by atoms with Gasteiger partial charge in [-0.05, 0) is 30.3 Å². The van der Waals surface area contributed by atoms with Gasteiger partial charge in [-0.25, -0.2) is 4.98 Å². The van der Waals surface area contributed by atoms with Gasteiger partial charge in [0.15, 0.2) is 0 Å². The Morgan fingerprint density at radius 2 is 1.80 bits per heavy atom. The third-order valence-electron chi connectivity index (χ3n) is 5.83. The number of piperazine rings is 1. The number of nitrogens with one attached hydrogen (secondary N) is 1. The molecule has 2 aromatic carbocycles. The Balaban J connectivity index is 1.35. The first-order valence-corrected chi connectivity index (χ1v) is 10.8. The van der Waals surface area contributed by atoms with Crippen LogP contribution in [0.1, 0.15) is 23.9 Å². The number of amides is 1. The largest absolute Gasteiger partial charge is 0.350 e. The minimum Gasteiger partial charge on any atom is -0.350 e. The van der Waals surface area contributed by atoms with E-state index in [0.717, 1.165) is 61.6 Å². The van der Waals surface area contributed by atoms with E-state index in [2.05, 4.69) is 58.3 Å². The number of aromatic nitrogens is 2. The molecule has 6 heteroatoms. The molecule has 0 radical (unpaired) electrons. The number of rotatable bonds is 7. The second-order valence-electron chi connectivity index (χ2n) is 8.13. The molecule has 1 aromatic heterocycles. The monoisotopic (exact) mass is 405 g/mol. The molecule has 1 saturated heterocycles. The molecule has 2 heterocycles. The second-order valence-corrected chi connectivity index (χ2v) is 8.13. The molecule has 0 atom stereocenters. The summed E-state index contributed by atoms with van der Waals surface area (Å²) in [7, 11) is 2.18. The van der Waals surface area contributed by atoms with Crippen LogP contribution in [0.15, 0.2) is 48.5 Å². The SMILES string of the molecule is CCc1nc2ccccc2n1CC(=O)NCc1cccc(CN2CCN(C)CC2)c1. The topological polar surface area (TPSA) is 53.4 Å². The maximum atomic E-state index is 12.7. The third kappa shape index (κ3) is 4.89. The maximum absolute atomic E-state index is 12.7. The number of likely N-dealkylation sites (N-methyl/N-ethyl adjacent to an activating group) is 1. The van der Waals surface area contributed by atoms with Crippen LogP contribution < -0.4 is 5.32 Å². The molecule has 1 fully saturated rings. The summed E-state index contributed by atoms with van der Waals surface area (Å²) >= 11 is 0. The molecule has 1 aliphatic heterocycles. The molecule has 0 spiro atoms. The summed E-state index contributed by atoms with van der Waals surface area (Å²) in [5, 5.41) is 3.08. The van der Waals surface area contributed by atoms with E-state index < -0.39 is 0 Å². The number of para-hydroxylation sites is 2. The molecule has 1 N–H and O–H groups in total. The molecule has 1 amide bonds. The molecular formula is C24H31N5O. The van der Waals surface area contributed by atoms with Crippen molar-refractivity contribution in [2.45, 2.75) is 33.0 Å². The number of carbonyl (C=O) groups excluding carboxylic acids is 1. The summed E-state index contributed by atoms with van der Waals surface area (Å²) in [6.45, 7) is 8.34. The van der Waals surface area contributed by atoms with Crippen molar-refractivity contribution in [2.24, 2.45) is 0 Å². The number of benzene rings is 2. The lowest BCUT2D eigenvalue weighted by Gasteiger charge is -2.32. The number of carbonyl (C=O) groups is 1. The van der Waals surface area contributed by atoms with Gasteiger partial charge in [0.05, 0.1) is 11.0 Å². The van der Waals surface area contributed by atoms with E-state index in [0.29, 0.717) is 13.1 Å². The molecule has 0 unspecified atom stereocenters. The van der Waals surface area contributed by atoms with E-state index in [-0.39, 0.29) is 5.91 Å².